The highest BCUT2D eigenvalue weighted by Crippen LogP contribution is 2.36. The Balaban J connectivity index is 1.30. The molecule has 0 radical (unpaired) electrons. The molecule has 2 aliphatic rings. The molecule has 1 aliphatic carbocycles. The summed E-state index contributed by atoms with van der Waals surface area (Å²) in [5.74, 6) is 1.11. The van der Waals surface area contributed by atoms with Gasteiger partial charge in [-0.3, -0.25) is 14.5 Å². The van der Waals surface area contributed by atoms with Gasteiger partial charge in [0.2, 0.25) is 0 Å². The molecule has 36 heavy (non-hydrogen) atoms. The number of hydrogen-bond donors (Lipinski definition) is 0. The van der Waals surface area contributed by atoms with Gasteiger partial charge in [0.15, 0.2) is 0 Å². The highest BCUT2D eigenvalue weighted by Gasteiger charge is 2.36. The van der Waals surface area contributed by atoms with Crippen LogP contribution in [-0.4, -0.2) is 27.2 Å². The number of amides is 2. The molecule has 0 N–H and O–H groups in total. The van der Waals surface area contributed by atoms with Crippen LogP contribution in [0.2, 0.25) is 0 Å². The third-order valence-electron chi connectivity index (χ3n) is 7.14. The van der Waals surface area contributed by atoms with E-state index in [0.717, 1.165) is 58.6 Å². The van der Waals surface area contributed by atoms with Gasteiger partial charge in [0.1, 0.15) is 12.4 Å². The van der Waals surface area contributed by atoms with E-state index in [0.29, 0.717) is 24.0 Å². The topological polar surface area (TPSA) is 51.5 Å². The fourth-order valence-electron chi connectivity index (χ4n) is 5.19. The van der Waals surface area contributed by atoms with Crippen molar-refractivity contribution in [2.45, 2.75) is 52.6 Å². The first-order valence-electron chi connectivity index (χ1n) is 12.7. The zero-order valence-electron chi connectivity index (χ0n) is 20.9. The zero-order chi connectivity index (χ0) is 25.1. The molecule has 5 rings (SSSR count). The van der Waals surface area contributed by atoms with Crippen LogP contribution < -0.4 is 4.74 Å². The third-order valence-corrected chi connectivity index (χ3v) is 8.05. The summed E-state index contributed by atoms with van der Waals surface area (Å²) in [6, 6.07) is 20.2. The Morgan fingerprint density at radius 1 is 0.972 bits per heavy atom. The number of ether oxygens (including phenoxy) is 1. The number of carbonyl (C=O) groups excluding carboxylic acids is 2. The van der Waals surface area contributed by atoms with Crippen LogP contribution in [0.25, 0.3) is 11.8 Å². The third kappa shape index (κ3) is 5.29. The Bertz CT molecular complexity index is 1270. The van der Waals surface area contributed by atoms with Gasteiger partial charge < -0.3 is 9.30 Å². The lowest BCUT2D eigenvalue weighted by atomic mass is 9.89. The van der Waals surface area contributed by atoms with Crippen molar-refractivity contribution in [3.05, 3.63) is 88.1 Å². The van der Waals surface area contributed by atoms with Gasteiger partial charge in [-0.1, -0.05) is 49.6 Å². The van der Waals surface area contributed by atoms with Crippen LogP contribution >= 0.6 is 11.8 Å². The Morgan fingerprint density at radius 2 is 1.69 bits per heavy atom. The summed E-state index contributed by atoms with van der Waals surface area (Å²) in [7, 11) is 0. The van der Waals surface area contributed by atoms with E-state index in [9.17, 15) is 9.59 Å². The highest BCUT2D eigenvalue weighted by atomic mass is 32.2. The van der Waals surface area contributed by atoms with Crippen LogP contribution in [-0.2, 0) is 11.4 Å². The molecule has 1 saturated heterocycles. The molecule has 2 heterocycles. The van der Waals surface area contributed by atoms with Crippen molar-refractivity contribution in [3.63, 3.8) is 0 Å². The first-order chi connectivity index (χ1) is 17.5. The van der Waals surface area contributed by atoms with Crippen molar-refractivity contribution in [3.8, 4) is 11.4 Å². The van der Waals surface area contributed by atoms with E-state index in [4.69, 9.17) is 4.74 Å². The van der Waals surface area contributed by atoms with Gasteiger partial charge in [0.25, 0.3) is 11.1 Å². The predicted molar refractivity (Wildman–Crippen MR) is 145 cm³/mol. The van der Waals surface area contributed by atoms with Crippen molar-refractivity contribution in [2.75, 3.05) is 6.54 Å². The van der Waals surface area contributed by atoms with Crippen LogP contribution in [0.15, 0.2) is 65.6 Å². The molecule has 2 amide bonds. The molecular weight excluding hydrogens is 468 g/mol. The van der Waals surface area contributed by atoms with Crippen LogP contribution in [0, 0.1) is 19.8 Å². The summed E-state index contributed by atoms with van der Waals surface area (Å²) in [4.78, 5) is 27.7. The average molecular weight is 501 g/mol. The second kappa shape index (κ2) is 10.8. The summed E-state index contributed by atoms with van der Waals surface area (Å²) < 4.78 is 8.09. The van der Waals surface area contributed by atoms with E-state index >= 15 is 0 Å². The Labute approximate surface area is 217 Å². The average Bonchev–Trinajstić information content (AvgIpc) is 3.33. The van der Waals surface area contributed by atoms with Gasteiger partial charge in [-0.05, 0) is 91.9 Å². The zero-order valence-corrected chi connectivity index (χ0v) is 21.7. The van der Waals surface area contributed by atoms with Crippen LogP contribution in [0.3, 0.4) is 0 Å². The molecule has 5 nitrogen and oxygen atoms in total. The molecule has 6 heteroatoms. The molecule has 1 saturated carbocycles. The second-order valence-electron chi connectivity index (χ2n) is 9.73. The summed E-state index contributed by atoms with van der Waals surface area (Å²) >= 11 is 1.06. The molecule has 2 fully saturated rings. The Hall–Kier alpha value is -3.25. The van der Waals surface area contributed by atoms with Gasteiger partial charge >= 0.3 is 0 Å². The molecule has 3 aromatic rings. The quantitative estimate of drug-likeness (QED) is 0.320. The molecule has 1 aliphatic heterocycles. The van der Waals surface area contributed by atoms with Crippen LogP contribution in [0.4, 0.5) is 4.79 Å². The van der Waals surface area contributed by atoms with E-state index in [1.54, 1.807) is 0 Å². The predicted octanol–water partition coefficient (Wildman–Crippen LogP) is 7.29. The van der Waals surface area contributed by atoms with E-state index in [1.807, 2.05) is 67.6 Å². The largest absolute Gasteiger partial charge is 0.489 e. The molecule has 2 aromatic carbocycles. The fraction of sp³-hybridized carbons (Fsp3) is 0.333. The van der Waals surface area contributed by atoms with Gasteiger partial charge in [-0.2, -0.15) is 0 Å². The minimum absolute atomic E-state index is 0.142. The lowest BCUT2D eigenvalue weighted by Gasteiger charge is -2.25. The van der Waals surface area contributed by atoms with Gasteiger partial charge in [0, 0.05) is 23.6 Å². The van der Waals surface area contributed by atoms with Gasteiger partial charge in [-0.15, -0.1) is 0 Å². The van der Waals surface area contributed by atoms with Gasteiger partial charge in [-0.25, -0.2) is 0 Å². The first kappa shape index (κ1) is 24.4. The maximum atomic E-state index is 13.1. The number of rotatable bonds is 7. The summed E-state index contributed by atoms with van der Waals surface area (Å²) in [6.45, 7) is 5.19. The fourth-order valence-corrected chi connectivity index (χ4v) is 6.03. The van der Waals surface area contributed by atoms with Crippen LogP contribution in [0.1, 0.15) is 54.6 Å². The Kier molecular flexibility index (Phi) is 7.33. The number of thioether (sulfide) groups is 1. The molecule has 0 atom stereocenters. The number of benzene rings is 2. The standard InChI is InChI=1S/C30H32N2O3S/c1-21-17-25(18-28-29(33)31(30(34)36-28)19-23-9-5-3-6-10-23)22(2)32(21)26-13-15-27(16-14-26)35-20-24-11-7-4-8-12-24/h4,7-8,11-18,23H,3,5-6,9-10,19-20H2,1-2H3/b28-18+. The molecule has 0 bridgehead atoms. The van der Waals surface area contributed by atoms with Crippen molar-refractivity contribution in [1.82, 2.24) is 9.47 Å². The molecule has 0 spiro atoms. The number of aryl methyl sites for hydroxylation is 1. The Morgan fingerprint density at radius 3 is 2.42 bits per heavy atom. The summed E-state index contributed by atoms with van der Waals surface area (Å²) in [6.07, 6.45) is 7.75. The lowest BCUT2D eigenvalue weighted by Crippen LogP contribution is -2.34. The molecule has 186 valence electrons. The molecule has 0 unspecified atom stereocenters. The number of carbonyl (C=O) groups is 2. The van der Waals surface area contributed by atoms with Crippen molar-refractivity contribution in [2.24, 2.45) is 5.92 Å². The SMILES string of the molecule is Cc1cc(/C=C2/SC(=O)N(CC3CCCCC3)C2=O)c(C)n1-c1ccc(OCc2ccccc2)cc1. The maximum absolute atomic E-state index is 13.1. The van der Waals surface area contributed by atoms with Crippen molar-refractivity contribution in [1.29, 1.82) is 0 Å². The minimum atomic E-state index is -0.153. The normalized spacial score (nSPS) is 17.8. The number of imide groups is 1. The lowest BCUT2D eigenvalue weighted by molar-refractivity contribution is -0.123. The summed E-state index contributed by atoms with van der Waals surface area (Å²) in [5, 5.41) is -0.142. The minimum Gasteiger partial charge on any atom is -0.489 e. The van der Waals surface area contributed by atoms with Crippen molar-refractivity contribution >= 4 is 29.0 Å². The highest BCUT2D eigenvalue weighted by molar-refractivity contribution is 8.18. The van der Waals surface area contributed by atoms with E-state index in [-0.39, 0.29) is 11.1 Å². The monoisotopic (exact) mass is 500 g/mol. The summed E-state index contributed by atoms with van der Waals surface area (Å²) in [5.41, 5.74) is 5.22. The maximum Gasteiger partial charge on any atom is 0.293 e. The number of aromatic nitrogens is 1. The first-order valence-corrected chi connectivity index (χ1v) is 13.5. The van der Waals surface area contributed by atoms with E-state index in [2.05, 4.69) is 17.6 Å². The molecule has 1 aromatic heterocycles. The number of hydrogen-bond acceptors (Lipinski definition) is 4. The van der Waals surface area contributed by atoms with Crippen LogP contribution in [0.5, 0.6) is 5.75 Å². The van der Waals surface area contributed by atoms with Crippen molar-refractivity contribution < 1.29 is 14.3 Å². The smallest absolute Gasteiger partial charge is 0.293 e. The van der Waals surface area contributed by atoms with E-state index in [1.165, 1.54) is 24.2 Å². The second-order valence-corrected chi connectivity index (χ2v) is 10.7. The number of nitrogens with zero attached hydrogens (tertiary/aromatic N) is 2. The molecular formula is C30H32N2O3S. The van der Waals surface area contributed by atoms with Gasteiger partial charge in [0.05, 0.1) is 4.91 Å². The van der Waals surface area contributed by atoms with E-state index < -0.39 is 0 Å².